The smallest absolute Gasteiger partial charge is 0.329 e. The summed E-state index contributed by atoms with van der Waals surface area (Å²) in [7, 11) is 0. The summed E-state index contributed by atoms with van der Waals surface area (Å²) in [5, 5.41) is 8.70. The monoisotopic (exact) mass is 549 g/mol. The summed E-state index contributed by atoms with van der Waals surface area (Å²) in [6, 6.07) is 25.8. The summed E-state index contributed by atoms with van der Waals surface area (Å²) in [6.07, 6.45) is 0.481. The first kappa shape index (κ1) is 27.5. The van der Waals surface area contributed by atoms with Gasteiger partial charge in [-0.25, -0.2) is 9.69 Å². The van der Waals surface area contributed by atoms with Crippen LogP contribution in [0.25, 0.3) is 0 Å². The predicted octanol–water partition coefficient (Wildman–Crippen LogP) is 6.00. The highest BCUT2D eigenvalue weighted by molar-refractivity contribution is 8.08. The van der Waals surface area contributed by atoms with Gasteiger partial charge in [-0.05, 0) is 62.4 Å². The van der Waals surface area contributed by atoms with Gasteiger partial charge in [0.2, 0.25) is 0 Å². The predicted molar refractivity (Wildman–Crippen MR) is 148 cm³/mol. The van der Waals surface area contributed by atoms with Crippen LogP contribution in [0.3, 0.4) is 0 Å². The van der Waals surface area contributed by atoms with E-state index in [9.17, 15) is 14.4 Å². The average Bonchev–Trinajstić information content (AvgIpc) is 3.12. The van der Waals surface area contributed by atoms with Crippen molar-refractivity contribution in [1.29, 1.82) is 0 Å². The van der Waals surface area contributed by atoms with Crippen molar-refractivity contribution < 1.29 is 29.0 Å². The Bertz CT molecular complexity index is 1260. The quantitative estimate of drug-likeness (QED) is 0.217. The number of aliphatic carboxylic acids is 1. The van der Waals surface area contributed by atoms with Crippen molar-refractivity contribution in [3.8, 4) is 5.75 Å². The van der Waals surface area contributed by atoms with Crippen LogP contribution in [0.15, 0.2) is 105 Å². The van der Waals surface area contributed by atoms with E-state index >= 15 is 0 Å². The fraction of sp³-hybridized carbons (Fsp3) is 0.207. The van der Waals surface area contributed by atoms with Gasteiger partial charge in [0.25, 0.3) is 11.8 Å². The van der Waals surface area contributed by atoms with Crippen molar-refractivity contribution in [2.24, 2.45) is 0 Å². The van der Waals surface area contributed by atoms with Crippen molar-refractivity contribution in [3.63, 3.8) is 0 Å². The number of imide groups is 1. The minimum atomic E-state index is -1.02. The maximum Gasteiger partial charge on any atom is 0.329 e. The van der Waals surface area contributed by atoms with Crippen molar-refractivity contribution in [2.75, 3.05) is 18.1 Å². The molecule has 0 aliphatic carbocycles. The number of ether oxygens (including phenoxy) is 2. The molecule has 38 heavy (non-hydrogen) atoms. The number of benzene rings is 3. The molecule has 0 saturated carbocycles. The number of amides is 2. The molecule has 1 aliphatic heterocycles. The number of nitrogens with zero attached hydrogens (tertiary/aromatic N) is 1. The second-order valence-corrected chi connectivity index (χ2v) is 11.2. The van der Waals surface area contributed by atoms with Gasteiger partial charge in [0, 0.05) is 16.2 Å². The molecule has 3 aromatic carbocycles. The SMILES string of the molecule is CC(C)(CCOCC(=O)O)Oc1ccc(N2C(=O)C(Sc3ccccc3)=C(Sc3ccccc3)C2=O)cc1. The largest absolute Gasteiger partial charge is 0.488 e. The van der Waals surface area contributed by atoms with E-state index in [-0.39, 0.29) is 25.0 Å². The zero-order chi connectivity index (χ0) is 27.1. The number of hydrogen-bond donors (Lipinski definition) is 1. The maximum absolute atomic E-state index is 13.6. The summed E-state index contributed by atoms with van der Waals surface area (Å²) in [6.45, 7) is 3.64. The Kier molecular flexibility index (Phi) is 8.93. The second kappa shape index (κ2) is 12.3. The van der Waals surface area contributed by atoms with Crippen molar-refractivity contribution in [3.05, 3.63) is 94.7 Å². The molecular weight excluding hydrogens is 522 g/mol. The highest BCUT2D eigenvalue weighted by Gasteiger charge is 2.40. The van der Waals surface area contributed by atoms with Gasteiger partial charge in [-0.1, -0.05) is 59.9 Å². The van der Waals surface area contributed by atoms with Crippen LogP contribution < -0.4 is 9.64 Å². The van der Waals surface area contributed by atoms with E-state index in [2.05, 4.69) is 0 Å². The molecule has 0 radical (unpaired) electrons. The van der Waals surface area contributed by atoms with Crippen molar-refractivity contribution in [1.82, 2.24) is 0 Å². The molecule has 0 aromatic heterocycles. The van der Waals surface area contributed by atoms with Crippen LogP contribution in [0.4, 0.5) is 5.69 Å². The van der Waals surface area contributed by atoms with Crippen LogP contribution in [0.1, 0.15) is 20.3 Å². The standard InChI is InChI=1S/C29H27NO6S2/c1-29(2,17-18-35-19-24(31)32)36-21-15-13-20(14-16-21)30-27(33)25(37-22-9-5-3-6-10-22)26(28(30)34)38-23-11-7-4-8-12-23/h3-16H,17-19H2,1-2H3,(H,31,32). The van der Waals surface area contributed by atoms with E-state index in [1.807, 2.05) is 74.5 Å². The lowest BCUT2D eigenvalue weighted by molar-refractivity contribution is -0.142. The molecule has 1 aliphatic rings. The van der Waals surface area contributed by atoms with E-state index in [1.54, 1.807) is 24.3 Å². The summed E-state index contributed by atoms with van der Waals surface area (Å²) in [5.74, 6) is -1.20. The topological polar surface area (TPSA) is 93.1 Å². The maximum atomic E-state index is 13.6. The van der Waals surface area contributed by atoms with Crippen LogP contribution in [0.5, 0.6) is 5.75 Å². The van der Waals surface area contributed by atoms with E-state index in [4.69, 9.17) is 14.6 Å². The zero-order valence-corrected chi connectivity index (χ0v) is 22.6. The van der Waals surface area contributed by atoms with Gasteiger partial charge in [0.05, 0.1) is 22.1 Å². The number of anilines is 1. The van der Waals surface area contributed by atoms with Gasteiger partial charge in [0.15, 0.2) is 0 Å². The molecule has 9 heteroatoms. The minimum Gasteiger partial charge on any atom is -0.488 e. The highest BCUT2D eigenvalue weighted by Crippen LogP contribution is 2.44. The van der Waals surface area contributed by atoms with Crippen LogP contribution in [-0.2, 0) is 19.1 Å². The summed E-state index contributed by atoms with van der Waals surface area (Å²) < 4.78 is 11.2. The molecular formula is C29H27NO6S2. The lowest BCUT2D eigenvalue weighted by Crippen LogP contribution is -2.31. The first-order chi connectivity index (χ1) is 18.2. The molecule has 4 rings (SSSR count). The molecule has 0 fully saturated rings. The Morgan fingerprint density at radius 2 is 1.32 bits per heavy atom. The molecule has 7 nitrogen and oxygen atoms in total. The van der Waals surface area contributed by atoms with E-state index in [1.165, 1.54) is 28.4 Å². The van der Waals surface area contributed by atoms with E-state index in [0.717, 1.165) is 9.79 Å². The van der Waals surface area contributed by atoms with Crippen LogP contribution in [0.2, 0.25) is 0 Å². The molecule has 196 valence electrons. The van der Waals surface area contributed by atoms with E-state index < -0.39 is 11.6 Å². The molecule has 0 bridgehead atoms. The van der Waals surface area contributed by atoms with Crippen molar-refractivity contribution in [2.45, 2.75) is 35.7 Å². The molecule has 3 aromatic rings. The zero-order valence-electron chi connectivity index (χ0n) is 21.0. The first-order valence-corrected chi connectivity index (χ1v) is 13.5. The Morgan fingerprint density at radius 1 is 0.816 bits per heavy atom. The summed E-state index contributed by atoms with van der Waals surface area (Å²) >= 11 is 2.57. The normalized spacial score (nSPS) is 13.8. The number of carbonyl (C=O) groups excluding carboxylic acids is 2. The van der Waals surface area contributed by atoms with Crippen LogP contribution in [0, 0.1) is 0 Å². The highest BCUT2D eigenvalue weighted by atomic mass is 32.2. The number of carboxylic acid groups (broad SMARTS) is 1. The Labute approximate surface area is 229 Å². The second-order valence-electron chi connectivity index (χ2n) is 8.99. The third-order valence-electron chi connectivity index (χ3n) is 5.49. The molecule has 2 amide bonds. The average molecular weight is 550 g/mol. The van der Waals surface area contributed by atoms with Gasteiger partial charge >= 0.3 is 5.97 Å². The number of carbonyl (C=O) groups is 3. The van der Waals surface area contributed by atoms with Gasteiger partial charge in [-0.15, -0.1) is 0 Å². The number of rotatable bonds is 12. The molecule has 0 spiro atoms. The van der Waals surface area contributed by atoms with Crippen LogP contribution >= 0.6 is 23.5 Å². The molecule has 0 unspecified atom stereocenters. The first-order valence-electron chi connectivity index (χ1n) is 11.9. The summed E-state index contributed by atoms with van der Waals surface area (Å²) in [4.78, 5) is 41.4. The Balaban J connectivity index is 1.51. The molecule has 0 atom stereocenters. The fourth-order valence-electron chi connectivity index (χ4n) is 3.63. The molecule has 1 heterocycles. The number of thioether (sulfide) groups is 2. The molecule has 1 N–H and O–H groups in total. The number of hydrogen-bond acceptors (Lipinski definition) is 7. The van der Waals surface area contributed by atoms with Crippen molar-refractivity contribution >= 4 is 47.0 Å². The summed E-state index contributed by atoms with van der Waals surface area (Å²) in [5.41, 5.74) is -0.162. The third-order valence-corrected chi connectivity index (χ3v) is 7.80. The molecule has 0 saturated heterocycles. The lowest BCUT2D eigenvalue weighted by atomic mass is 10.1. The minimum absolute atomic E-state index is 0.240. The van der Waals surface area contributed by atoms with Gasteiger partial charge in [-0.2, -0.15) is 0 Å². The lowest BCUT2D eigenvalue weighted by Gasteiger charge is -2.26. The Morgan fingerprint density at radius 3 is 1.79 bits per heavy atom. The van der Waals surface area contributed by atoms with E-state index in [0.29, 0.717) is 27.7 Å². The Hall–Kier alpha value is -3.53. The number of carboxylic acids is 1. The third kappa shape index (κ3) is 7.06. The van der Waals surface area contributed by atoms with Gasteiger partial charge < -0.3 is 14.6 Å². The van der Waals surface area contributed by atoms with Gasteiger partial charge in [-0.3, -0.25) is 9.59 Å². The fourth-order valence-corrected chi connectivity index (χ4v) is 5.65. The van der Waals surface area contributed by atoms with Gasteiger partial charge in [0.1, 0.15) is 18.0 Å². The van der Waals surface area contributed by atoms with Crippen LogP contribution in [-0.4, -0.2) is 41.7 Å².